The molecule has 2 heterocycles. The van der Waals surface area contributed by atoms with Gasteiger partial charge in [-0.3, -0.25) is 14.5 Å². The second kappa shape index (κ2) is 8.53. The van der Waals surface area contributed by atoms with Crippen LogP contribution in [0.1, 0.15) is 37.7 Å². The number of nitrogens with one attached hydrogen (secondary N) is 1. The van der Waals surface area contributed by atoms with Crippen LogP contribution in [-0.2, 0) is 9.59 Å². The van der Waals surface area contributed by atoms with E-state index in [1.165, 1.54) is 18.2 Å². The van der Waals surface area contributed by atoms with Gasteiger partial charge in [0.15, 0.2) is 11.5 Å². The quantitative estimate of drug-likeness (QED) is 0.585. The number of carbonyl (C=O) groups is 2. The molecule has 1 aliphatic carbocycles. The molecule has 28 heavy (non-hydrogen) atoms. The van der Waals surface area contributed by atoms with Crippen LogP contribution in [0.2, 0.25) is 0 Å². The van der Waals surface area contributed by atoms with Crippen molar-refractivity contribution in [2.24, 2.45) is 5.92 Å². The van der Waals surface area contributed by atoms with Gasteiger partial charge in [0.05, 0.1) is 4.91 Å². The molecule has 1 aromatic carbocycles. The maximum Gasteiger partial charge on any atom is 0.266 e. The van der Waals surface area contributed by atoms with E-state index in [-0.39, 0.29) is 24.5 Å². The SMILES string of the molecule is O=C(NCCN1C(=O)/C(=C\c2ccc3c(c2)OCO3)SC1=S)C1CCCCC1. The van der Waals surface area contributed by atoms with E-state index in [2.05, 4.69) is 5.32 Å². The third-order valence-electron chi connectivity index (χ3n) is 5.18. The van der Waals surface area contributed by atoms with Crippen molar-refractivity contribution in [1.82, 2.24) is 10.2 Å². The van der Waals surface area contributed by atoms with Crippen molar-refractivity contribution in [2.75, 3.05) is 19.9 Å². The zero-order valence-corrected chi connectivity index (χ0v) is 17.1. The Kier molecular flexibility index (Phi) is 5.87. The van der Waals surface area contributed by atoms with Crippen molar-refractivity contribution in [3.05, 3.63) is 28.7 Å². The largest absolute Gasteiger partial charge is 0.454 e. The molecule has 2 amide bonds. The van der Waals surface area contributed by atoms with Crippen molar-refractivity contribution in [3.63, 3.8) is 0 Å². The van der Waals surface area contributed by atoms with Gasteiger partial charge in [-0.25, -0.2) is 0 Å². The monoisotopic (exact) mass is 418 g/mol. The molecule has 0 unspecified atom stereocenters. The Morgan fingerprint density at radius 2 is 2.04 bits per heavy atom. The molecule has 0 aromatic heterocycles. The highest BCUT2D eigenvalue weighted by Crippen LogP contribution is 2.36. The van der Waals surface area contributed by atoms with Crippen LogP contribution in [-0.4, -0.2) is 40.9 Å². The van der Waals surface area contributed by atoms with Crippen molar-refractivity contribution in [1.29, 1.82) is 0 Å². The molecule has 1 saturated carbocycles. The standard InChI is InChI=1S/C20H22N2O4S2/c23-18(14-4-2-1-3-5-14)21-8-9-22-19(24)17(28-20(22)27)11-13-6-7-15-16(10-13)26-12-25-15/h6-7,10-11,14H,1-5,8-9,12H2,(H,21,23)/b17-11+. The summed E-state index contributed by atoms with van der Waals surface area (Å²) in [4.78, 5) is 27.1. The number of hydrogen-bond acceptors (Lipinski definition) is 6. The molecule has 0 spiro atoms. The maximum absolute atomic E-state index is 12.7. The topological polar surface area (TPSA) is 67.9 Å². The minimum Gasteiger partial charge on any atom is -0.454 e. The van der Waals surface area contributed by atoms with Crippen LogP contribution >= 0.6 is 24.0 Å². The molecule has 2 aliphatic heterocycles. The predicted octanol–water partition coefficient (Wildman–Crippen LogP) is 3.31. The normalized spacial score (nSPS) is 20.9. The van der Waals surface area contributed by atoms with E-state index in [9.17, 15) is 9.59 Å². The van der Waals surface area contributed by atoms with Crippen LogP contribution in [0.3, 0.4) is 0 Å². The Balaban J connectivity index is 1.34. The Morgan fingerprint density at radius 3 is 2.86 bits per heavy atom. The van der Waals surface area contributed by atoms with E-state index in [4.69, 9.17) is 21.7 Å². The number of rotatable bonds is 5. The average Bonchev–Trinajstić information content (AvgIpc) is 3.28. The Labute approximate surface area is 173 Å². The van der Waals surface area contributed by atoms with Crippen LogP contribution in [0.15, 0.2) is 23.1 Å². The summed E-state index contributed by atoms with van der Waals surface area (Å²) >= 11 is 6.65. The molecule has 2 fully saturated rings. The minimum atomic E-state index is -0.125. The summed E-state index contributed by atoms with van der Waals surface area (Å²) in [5.74, 6) is 1.47. The highest BCUT2D eigenvalue weighted by atomic mass is 32.2. The summed E-state index contributed by atoms with van der Waals surface area (Å²) in [6.45, 7) is 1.02. The van der Waals surface area contributed by atoms with Gasteiger partial charge in [0.1, 0.15) is 4.32 Å². The van der Waals surface area contributed by atoms with Crippen molar-refractivity contribution < 1.29 is 19.1 Å². The van der Waals surface area contributed by atoms with Gasteiger partial charge in [0.25, 0.3) is 5.91 Å². The highest BCUT2D eigenvalue weighted by Gasteiger charge is 2.32. The number of amides is 2. The van der Waals surface area contributed by atoms with Crippen LogP contribution in [0.4, 0.5) is 0 Å². The van der Waals surface area contributed by atoms with Gasteiger partial charge in [-0.2, -0.15) is 0 Å². The zero-order chi connectivity index (χ0) is 19.5. The predicted molar refractivity (Wildman–Crippen MR) is 112 cm³/mol. The van der Waals surface area contributed by atoms with Gasteiger partial charge in [-0.1, -0.05) is 49.3 Å². The fraction of sp³-hybridized carbons (Fsp3) is 0.450. The van der Waals surface area contributed by atoms with Crippen molar-refractivity contribution in [2.45, 2.75) is 32.1 Å². The van der Waals surface area contributed by atoms with Crippen LogP contribution in [0, 0.1) is 5.92 Å². The molecule has 0 atom stereocenters. The number of thioether (sulfide) groups is 1. The molecular formula is C20H22N2O4S2. The lowest BCUT2D eigenvalue weighted by Crippen LogP contribution is -2.39. The minimum absolute atomic E-state index is 0.0982. The third-order valence-corrected chi connectivity index (χ3v) is 6.56. The summed E-state index contributed by atoms with van der Waals surface area (Å²) in [7, 11) is 0. The molecule has 1 aromatic rings. The molecule has 4 rings (SSSR count). The third kappa shape index (κ3) is 4.17. The number of hydrogen-bond donors (Lipinski definition) is 1. The number of ether oxygens (including phenoxy) is 2. The lowest BCUT2D eigenvalue weighted by molar-refractivity contribution is -0.127. The molecule has 3 aliphatic rings. The van der Waals surface area contributed by atoms with E-state index in [1.807, 2.05) is 24.3 Å². The molecule has 1 N–H and O–H groups in total. The van der Waals surface area contributed by atoms with Gasteiger partial charge >= 0.3 is 0 Å². The van der Waals surface area contributed by atoms with Gasteiger partial charge in [-0.15, -0.1) is 0 Å². The van der Waals surface area contributed by atoms with Gasteiger partial charge in [-0.05, 0) is 36.6 Å². The molecule has 0 bridgehead atoms. The zero-order valence-electron chi connectivity index (χ0n) is 15.4. The van der Waals surface area contributed by atoms with E-state index >= 15 is 0 Å². The fourth-order valence-corrected chi connectivity index (χ4v) is 4.96. The van der Waals surface area contributed by atoms with E-state index < -0.39 is 0 Å². The molecule has 0 radical (unpaired) electrons. The van der Waals surface area contributed by atoms with Crippen LogP contribution in [0.5, 0.6) is 11.5 Å². The second-order valence-electron chi connectivity index (χ2n) is 7.07. The molecule has 8 heteroatoms. The Hall–Kier alpha value is -2.06. The van der Waals surface area contributed by atoms with Crippen LogP contribution < -0.4 is 14.8 Å². The molecule has 148 valence electrons. The van der Waals surface area contributed by atoms with Gasteiger partial charge in [0.2, 0.25) is 12.7 Å². The number of carbonyl (C=O) groups excluding carboxylic acids is 2. The first kappa shape index (κ1) is 19.3. The summed E-state index contributed by atoms with van der Waals surface area (Å²) in [5, 5.41) is 2.96. The Bertz CT molecular complexity index is 833. The maximum atomic E-state index is 12.7. The number of benzene rings is 1. The van der Waals surface area contributed by atoms with E-state index in [1.54, 1.807) is 4.90 Å². The average molecular weight is 419 g/mol. The van der Waals surface area contributed by atoms with E-state index in [0.29, 0.717) is 33.8 Å². The smallest absolute Gasteiger partial charge is 0.266 e. The van der Waals surface area contributed by atoms with Crippen molar-refractivity contribution in [3.8, 4) is 11.5 Å². The lowest BCUT2D eigenvalue weighted by atomic mass is 9.89. The first-order valence-corrected chi connectivity index (χ1v) is 10.8. The Morgan fingerprint density at radius 1 is 1.25 bits per heavy atom. The van der Waals surface area contributed by atoms with Crippen LogP contribution in [0.25, 0.3) is 6.08 Å². The number of thiocarbonyl (C=S) groups is 1. The first-order chi connectivity index (χ1) is 13.6. The summed E-state index contributed by atoms with van der Waals surface area (Å²) in [6, 6.07) is 5.55. The number of fused-ring (bicyclic) bond motifs is 1. The fourth-order valence-electron chi connectivity index (χ4n) is 3.65. The number of nitrogens with zero attached hydrogens (tertiary/aromatic N) is 1. The second-order valence-corrected chi connectivity index (χ2v) is 8.75. The molecular weight excluding hydrogens is 396 g/mol. The van der Waals surface area contributed by atoms with E-state index in [0.717, 1.165) is 31.2 Å². The van der Waals surface area contributed by atoms with Crippen molar-refractivity contribution >= 4 is 46.2 Å². The first-order valence-electron chi connectivity index (χ1n) is 9.54. The summed E-state index contributed by atoms with van der Waals surface area (Å²) < 4.78 is 11.2. The lowest BCUT2D eigenvalue weighted by Gasteiger charge is -2.21. The van der Waals surface area contributed by atoms with Gasteiger partial charge in [0, 0.05) is 19.0 Å². The van der Waals surface area contributed by atoms with Gasteiger partial charge < -0.3 is 14.8 Å². The molecule has 6 nitrogen and oxygen atoms in total. The summed E-state index contributed by atoms with van der Waals surface area (Å²) in [5.41, 5.74) is 0.857. The highest BCUT2D eigenvalue weighted by molar-refractivity contribution is 8.26. The molecule has 1 saturated heterocycles. The summed E-state index contributed by atoms with van der Waals surface area (Å²) in [6.07, 6.45) is 7.20.